The summed E-state index contributed by atoms with van der Waals surface area (Å²) in [6.07, 6.45) is 7.59. The minimum Gasteiger partial charge on any atom is -0.490 e. The number of hydrogen-bond acceptors (Lipinski definition) is 2. The van der Waals surface area contributed by atoms with Gasteiger partial charge < -0.3 is 10.1 Å². The Morgan fingerprint density at radius 3 is 2.94 bits per heavy atom. The van der Waals surface area contributed by atoms with Gasteiger partial charge in [0, 0.05) is 6.54 Å². The highest BCUT2D eigenvalue weighted by molar-refractivity contribution is 5.66. The molecular weight excluding hydrogens is 222 g/mol. The third kappa shape index (κ3) is 2.53. The Morgan fingerprint density at radius 1 is 1.28 bits per heavy atom. The molecule has 1 heterocycles. The molecule has 1 N–H and O–H groups in total. The van der Waals surface area contributed by atoms with Crippen molar-refractivity contribution < 1.29 is 4.74 Å². The fourth-order valence-corrected chi connectivity index (χ4v) is 2.76. The quantitative estimate of drug-likeness (QED) is 0.802. The molecule has 0 bridgehead atoms. The van der Waals surface area contributed by atoms with E-state index in [9.17, 15) is 0 Å². The van der Waals surface area contributed by atoms with Gasteiger partial charge in [0.15, 0.2) is 0 Å². The molecule has 1 aliphatic heterocycles. The normalized spacial score (nSPS) is 22.7. The van der Waals surface area contributed by atoms with Crippen LogP contribution in [-0.4, -0.2) is 13.2 Å². The first kappa shape index (κ1) is 11.6. The molecule has 1 aromatic carbocycles. The van der Waals surface area contributed by atoms with Gasteiger partial charge in [0.25, 0.3) is 0 Å². The molecule has 96 valence electrons. The summed E-state index contributed by atoms with van der Waals surface area (Å²) in [4.78, 5) is 0. The van der Waals surface area contributed by atoms with Crippen LogP contribution in [0.4, 0.5) is 5.69 Å². The largest absolute Gasteiger partial charge is 0.490 e. The van der Waals surface area contributed by atoms with Crippen molar-refractivity contribution in [2.75, 3.05) is 18.5 Å². The van der Waals surface area contributed by atoms with Crippen LogP contribution in [0.1, 0.15) is 38.2 Å². The fraction of sp³-hybridized carbons (Fsp3) is 0.500. The molecule has 0 radical (unpaired) electrons. The standard InChI is InChI=1S/C16H21NO/c1-12-2-4-13(5-3-12)10-14-6-7-16-15(11-14)17-8-9-18-16/h6-7,10-12,17H,2-5,8-9H2,1H3. The van der Waals surface area contributed by atoms with Crippen LogP contribution in [0.3, 0.4) is 0 Å². The Labute approximate surface area is 109 Å². The number of rotatable bonds is 1. The molecule has 0 aromatic heterocycles. The molecule has 2 nitrogen and oxygen atoms in total. The second-order valence-corrected chi connectivity index (χ2v) is 5.52. The maximum atomic E-state index is 5.60. The predicted molar refractivity (Wildman–Crippen MR) is 76.0 cm³/mol. The first-order valence-corrected chi connectivity index (χ1v) is 7.01. The zero-order chi connectivity index (χ0) is 12.4. The van der Waals surface area contributed by atoms with Gasteiger partial charge in [-0.1, -0.05) is 24.6 Å². The van der Waals surface area contributed by atoms with Crippen LogP contribution in [0.25, 0.3) is 6.08 Å². The van der Waals surface area contributed by atoms with Crippen molar-refractivity contribution in [1.82, 2.24) is 0 Å². The summed E-state index contributed by atoms with van der Waals surface area (Å²) in [5.41, 5.74) is 4.04. The van der Waals surface area contributed by atoms with Crippen molar-refractivity contribution >= 4 is 11.8 Å². The van der Waals surface area contributed by atoms with Gasteiger partial charge in [0.05, 0.1) is 5.69 Å². The van der Waals surface area contributed by atoms with E-state index in [4.69, 9.17) is 4.74 Å². The molecule has 0 spiro atoms. The lowest BCUT2D eigenvalue weighted by Crippen LogP contribution is -2.17. The summed E-state index contributed by atoms with van der Waals surface area (Å²) in [5, 5.41) is 3.39. The van der Waals surface area contributed by atoms with E-state index in [1.165, 1.54) is 31.2 Å². The number of fused-ring (bicyclic) bond motifs is 1. The van der Waals surface area contributed by atoms with E-state index in [1.54, 1.807) is 5.57 Å². The maximum absolute atomic E-state index is 5.60. The van der Waals surface area contributed by atoms with Gasteiger partial charge in [-0.05, 0) is 49.3 Å². The summed E-state index contributed by atoms with van der Waals surface area (Å²) < 4.78 is 5.60. The number of nitrogens with one attached hydrogen (secondary N) is 1. The maximum Gasteiger partial charge on any atom is 0.142 e. The van der Waals surface area contributed by atoms with Crippen molar-refractivity contribution in [1.29, 1.82) is 0 Å². The number of ether oxygens (including phenoxy) is 1. The van der Waals surface area contributed by atoms with Crippen molar-refractivity contribution in [3.05, 3.63) is 29.3 Å². The smallest absolute Gasteiger partial charge is 0.142 e. The van der Waals surface area contributed by atoms with Crippen LogP contribution in [-0.2, 0) is 0 Å². The third-order valence-corrected chi connectivity index (χ3v) is 3.97. The Hall–Kier alpha value is -1.44. The van der Waals surface area contributed by atoms with Gasteiger partial charge >= 0.3 is 0 Å². The summed E-state index contributed by atoms with van der Waals surface area (Å²) in [6.45, 7) is 4.03. The Morgan fingerprint density at radius 2 is 2.11 bits per heavy atom. The van der Waals surface area contributed by atoms with E-state index in [0.717, 1.165) is 30.5 Å². The molecule has 0 amide bonds. The first-order valence-electron chi connectivity index (χ1n) is 7.01. The van der Waals surface area contributed by atoms with Gasteiger partial charge in [-0.15, -0.1) is 0 Å². The summed E-state index contributed by atoms with van der Waals surface area (Å²) >= 11 is 0. The summed E-state index contributed by atoms with van der Waals surface area (Å²) in [7, 11) is 0. The number of benzene rings is 1. The van der Waals surface area contributed by atoms with E-state index >= 15 is 0 Å². The molecule has 1 saturated carbocycles. The second kappa shape index (κ2) is 5.05. The molecule has 2 heteroatoms. The molecule has 18 heavy (non-hydrogen) atoms. The lowest BCUT2D eigenvalue weighted by atomic mass is 9.86. The van der Waals surface area contributed by atoms with Gasteiger partial charge in [0.2, 0.25) is 0 Å². The zero-order valence-electron chi connectivity index (χ0n) is 11.0. The monoisotopic (exact) mass is 243 g/mol. The van der Waals surface area contributed by atoms with E-state index < -0.39 is 0 Å². The van der Waals surface area contributed by atoms with Crippen molar-refractivity contribution in [3.8, 4) is 5.75 Å². The van der Waals surface area contributed by atoms with E-state index in [-0.39, 0.29) is 0 Å². The van der Waals surface area contributed by atoms with Gasteiger partial charge in [-0.3, -0.25) is 0 Å². The molecule has 0 saturated heterocycles. The Kier molecular flexibility index (Phi) is 3.26. The highest BCUT2D eigenvalue weighted by Gasteiger charge is 2.13. The molecule has 1 aromatic rings. The molecule has 3 rings (SSSR count). The topological polar surface area (TPSA) is 21.3 Å². The molecule has 1 fully saturated rings. The van der Waals surface area contributed by atoms with Crippen LogP contribution in [0.15, 0.2) is 23.8 Å². The van der Waals surface area contributed by atoms with Gasteiger partial charge in [-0.2, -0.15) is 0 Å². The van der Waals surface area contributed by atoms with Crippen LogP contribution < -0.4 is 10.1 Å². The molecule has 0 atom stereocenters. The lowest BCUT2D eigenvalue weighted by Gasteiger charge is -2.21. The summed E-state index contributed by atoms with van der Waals surface area (Å²) in [5.74, 6) is 1.89. The van der Waals surface area contributed by atoms with E-state index in [0.29, 0.717) is 0 Å². The Balaban J connectivity index is 1.78. The van der Waals surface area contributed by atoms with Gasteiger partial charge in [-0.25, -0.2) is 0 Å². The van der Waals surface area contributed by atoms with E-state index in [1.807, 2.05) is 0 Å². The lowest BCUT2D eigenvalue weighted by molar-refractivity contribution is 0.323. The molecular formula is C16H21NO. The van der Waals surface area contributed by atoms with Crippen molar-refractivity contribution in [2.24, 2.45) is 5.92 Å². The van der Waals surface area contributed by atoms with Crippen LogP contribution >= 0.6 is 0 Å². The highest BCUT2D eigenvalue weighted by atomic mass is 16.5. The first-order chi connectivity index (χ1) is 8.81. The zero-order valence-corrected chi connectivity index (χ0v) is 11.0. The predicted octanol–water partition coefficient (Wildman–Crippen LogP) is 4.08. The summed E-state index contributed by atoms with van der Waals surface area (Å²) in [6, 6.07) is 6.45. The third-order valence-electron chi connectivity index (χ3n) is 3.97. The molecule has 0 unspecified atom stereocenters. The number of anilines is 1. The minimum absolute atomic E-state index is 0.769. The van der Waals surface area contributed by atoms with Crippen LogP contribution in [0, 0.1) is 5.92 Å². The van der Waals surface area contributed by atoms with Crippen molar-refractivity contribution in [2.45, 2.75) is 32.6 Å². The fourth-order valence-electron chi connectivity index (χ4n) is 2.76. The number of allylic oxidation sites excluding steroid dienone is 1. The average molecular weight is 243 g/mol. The Bertz CT molecular complexity index is 454. The minimum atomic E-state index is 0.769. The van der Waals surface area contributed by atoms with Crippen LogP contribution in [0.5, 0.6) is 5.75 Å². The SMILES string of the molecule is CC1CCC(=Cc2ccc3c(c2)NCCO3)CC1. The average Bonchev–Trinajstić information content (AvgIpc) is 2.41. The van der Waals surface area contributed by atoms with E-state index in [2.05, 4.69) is 36.5 Å². The molecule has 2 aliphatic rings. The van der Waals surface area contributed by atoms with Gasteiger partial charge in [0.1, 0.15) is 12.4 Å². The number of hydrogen-bond donors (Lipinski definition) is 1. The van der Waals surface area contributed by atoms with Crippen LogP contribution in [0.2, 0.25) is 0 Å². The highest BCUT2D eigenvalue weighted by Crippen LogP contribution is 2.32. The second-order valence-electron chi connectivity index (χ2n) is 5.52. The van der Waals surface area contributed by atoms with Crippen molar-refractivity contribution in [3.63, 3.8) is 0 Å². The molecule has 1 aliphatic carbocycles.